The van der Waals surface area contributed by atoms with Crippen molar-refractivity contribution in [3.8, 4) is 5.75 Å². The number of nitrogens with two attached hydrogens (primary N) is 1. The van der Waals surface area contributed by atoms with Crippen molar-refractivity contribution in [2.45, 2.75) is 6.42 Å². The predicted octanol–water partition coefficient (Wildman–Crippen LogP) is 1.61. The molecule has 1 aromatic carbocycles. The first kappa shape index (κ1) is 10.6. The summed E-state index contributed by atoms with van der Waals surface area (Å²) in [5, 5.41) is 13.8. The number of rotatable bonds is 2. The standard InChI is InChI=1S/C13H12N4O/c14-11-5-2-6-17-13(11)15-12(16-17)8-9-3-1-4-10(18)7-9/h1-7,18H,8,14H2. The van der Waals surface area contributed by atoms with E-state index in [0.29, 0.717) is 23.6 Å². The monoisotopic (exact) mass is 240 g/mol. The van der Waals surface area contributed by atoms with Crippen LogP contribution in [0.4, 0.5) is 5.69 Å². The van der Waals surface area contributed by atoms with Crippen molar-refractivity contribution in [1.82, 2.24) is 14.6 Å². The van der Waals surface area contributed by atoms with Crippen LogP contribution in [0.1, 0.15) is 11.4 Å². The molecule has 0 radical (unpaired) electrons. The molecule has 0 saturated carbocycles. The molecule has 0 aliphatic heterocycles. The molecule has 5 nitrogen and oxygen atoms in total. The lowest BCUT2D eigenvalue weighted by Crippen LogP contribution is -1.92. The molecule has 18 heavy (non-hydrogen) atoms. The van der Waals surface area contributed by atoms with E-state index in [-0.39, 0.29) is 5.75 Å². The Morgan fingerprint density at radius 3 is 2.89 bits per heavy atom. The third-order valence-electron chi connectivity index (χ3n) is 2.71. The van der Waals surface area contributed by atoms with Crippen molar-refractivity contribution >= 4 is 11.3 Å². The maximum absolute atomic E-state index is 9.41. The van der Waals surface area contributed by atoms with E-state index in [1.807, 2.05) is 18.3 Å². The van der Waals surface area contributed by atoms with Crippen LogP contribution >= 0.6 is 0 Å². The largest absolute Gasteiger partial charge is 0.508 e. The Morgan fingerprint density at radius 1 is 1.22 bits per heavy atom. The number of nitrogen functional groups attached to an aromatic ring is 1. The number of aromatic hydroxyl groups is 1. The van der Waals surface area contributed by atoms with Gasteiger partial charge >= 0.3 is 0 Å². The van der Waals surface area contributed by atoms with Gasteiger partial charge in [-0.25, -0.2) is 9.50 Å². The van der Waals surface area contributed by atoms with Crippen LogP contribution in [0.2, 0.25) is 0 Å². The van der Waals surface area contributed by atoms with E-state index < -0.39 is 0 Å². The Kier molecular flexibility index (Phi) is 2.37. The zero-order valence-corrected chi connectivity index (χ0v) is 9.61. The van der Waals surface area contributed by atoms with Gasteiger partial charge in [-0.2, -0.15) is 5.10 Å². The fourth-order valence-electron chi connectivity index (χ4n) is 1.89. The van der Waals surface area contributed by atoms with Crippen LogP contribution in [0.3, 0.4) is 0 Å². The van der Waals surface area contributed by atoms with Gasteiger partial charge in [-0.1, -0.05) is 12.1 Å². The molecule has 0 spiro atoms. The van der Waals surface area contributed by atoms with Crippen LogP contribution in [0, 0.1) is 0 Å². The second-order valence-electron chi connectivity index (χ2n) is 4.11. The molecule has 0 saturated heterocycles. The van der Waals surface area contributed by atoms with Crippen LogP contribution in [0.15, 0.2) is 42.6 Å². The maximum Gasteiger partial charge on any atom is 0.178 e. The molecule has 0 unspecified atom stereocenters. The van der Waals surface area contributed by atoms with E-state index in [2.05, 4.69) is 10.1 Å². The minimum absolute atomic E-state index is 0.246. The number of fused-ring (bicyclic) bond motifs is 1. The molecule has 0 amide bonds. The number of pyridine rings is 1. The third kappa shape index (κ3) is 1.86. The molecule has 3 N–H and O–H groups in total. The number of nitrogens with zero attached hydrogens (tertiary/aromatic N) is 3. The summed E-state index contributed by atoms with van der Waals surface area (Å²) in [6.07, 6.45) is 2.38. The Morgan fingerprint density at radius 2 is 2.11 bits per heavy atom. The molecule has 0 fully saturated rings. The van der Waals surface area contributed by atoms with Crippen LogP contribution in [0.25, 0.3) is 5.65 Å². The predicted molar refractivity (Wildman–Crippen MR) is 68.3 cm³/mol. The molecule has 5 heteroatoms. The number of phenolic OH excluding ortho intramolecular Hbond substituents is 1. The van der Waals surface area contributed by atoms with Crippen molar-refractivity contribution < 1.29 is 5.11 Å². The SMILES string of the molecule is Nc1cccn2nc(Cc3cccc(O)c3)nc12. The van der Waals surface area contributed by atoms with Crippen molar-refractivity contribution in [3.63, 3.8) is 0 Å². The molecular weight excluding hydrogens is 228 g/mol. The molecule has 2 aromatic heterocycles. The van der Waals surface area contributed by atoms with Gasteiger partial charge in [0, 0.05) is 12.6 Å². The smallest absolute Gasteiger partial charge is 0.178 e. The van der Waals surface area contributed by atoms with Crippen LogP contribution in [-0.2, 0) is 6.42 Å². The summed E-state index contributed by atoms with van der Waals surface area (Å²) in [7, 11) is 0. The van der Waals surface area contributed by atoms with Crippen molar-refractivity contribution in [3.05, 3.63) is 54.0 Å². The number of hydrogen-bond donors (Lipinski definition) is 2. The Labute approximate surface area is 104 Å². The van der Waals surface area contributed by atoms with E-state index in [1.54, 1.807) is 28.8 Å². The third-order valence-corrected chi connectivity index (χ3v) is 2.71. The highest BCUT2D eigenvalue weighted by molar-refractivity contribution is 5.63. The summed E-state index contributed by atoms with van der Waals surface area (Å²) in [5.74, 6) is 0.925. The number of anilines is 1. The van der Waals surface area contributed by atoms with Gasteiger partial charge in [0.2, 0.25) is 0 Å². The lowest BCUT2D eigenvalue weighted by molar-refractivity contribution is 0.474. The molecule has 0 atom stereocenters. The molecule has 90 valence electrons. The fourth-order valence-corrected chi connectivity index (χ4v) is 1.89. The van der Waals surface area contributed by atoms with Gasteiger partial charge in [-0.15, -0.1) is 0 Å². The quantitative estimate of drug-likeness (QED) is 0.713. The second-order valence-corrected chi connectivity index (χ2v) is 4.11. The summed E-state index contributed by atoms with van der Waals surface area (Å²) in [6.45, 7) is 0. The summed E-state index contributed by atoms with van der Waals surface area (Å²) in [4.78, 5) is 4.38. The Balaban J connectivity index is 1.98. The number of aromatic nitrogens is 3. The van der Waals surface area contributed by atoms with E-state index in [0.717, 1.165) is 5.56 Å². The molecular formula is C13H12N4O. The van der Waals surface area contributed by atoms with E-state index in [4.69, 9.17) is 5.73 Å². The highest BCUT2D eigenvalue weighted by Gasteiger charge is 2.06. The summed E-state index contributed by atoms with van der Waals surface area (Å²) in [6, 6.07) is 10.7. The highest BCUT2D eigenvalue weighted by Crippen LogP contribution is 2.15. The lowest BCUT2D eigenvalue weighted by Gasteiger charge is -1.97. The summed E-state index contributed by atoms with van der Waals surface area (Å²) < 4.78 is 1.66. The average Bonchev–Trinajstić information content (AvgIpc) is 2.73. The number of phenols is 1. The minimum atomic E-state index is 0.246. The maximum atomic E-state index is 9.41. The molecule has 0 aliphatic carbocycles. The van der Waals surface area contributed by atoms with Gasteiger partial charge in [0.05, 0.1) is 5.69 Å². The summed E-state index contributed by atoms with van der Waals surface area (Å²) in [5.41, 5.74) is 8.05. The fraction of sp³-hybridized carbons (Fsp3) is 0.0769. The second kappa shape index (κ2) is 4.03. The van der Waals surface area contributed by atoms with Gasteiger partial charge in [-0.05, 0) is 29.8 Å². The molecule has 0 aliphatic rings. The normalized spacial score (nSPS) is 10.9. The number of hydrogen-bond acceptors (Lipinski definition) is 4. The minimum Gasteiger partial charge on any atom is -0.508 e. The van der Waals surface area contributed by atoms with Crippen molar-refractivity contribution in [1.29, 1.82) is 0 Å². The van der Waals surface area contributed by atoms with Crippen molar-refractivity contribution in [2.24, 2.45) is 0 Å². The topological polar surface area (TPSA) is 76.4 Å². The first-order valence-electron chi connectivity index (χ1n) is 5.60. The first-order valence-corrected chi connectivity index (χ1v) is 5.60. The van der Waals surface area contributed by atoms with E-state index >= 15 is 0 Å². The lowest BCUT2D eigenvalue weighted by atomic mass is 10.1. The van der Waals surface area contributed by atoms with Gasteiger partial charge in [0.25, 0.3) is 0 Å². The van der Waals surface area contributed by atoms with Gasteiger partial charge in [0.1, 0.15) is 5.75 Å². The first-order chi connectivity index (χ1) is 8.72. The Hall–Kier alpha value is -2.56. The molecule has 2 heterocycles. The highest BCUT2D eigenvalue weighted by atomic mass is 16.3. The van der Waals surface area contributed by atoms with Gasteiger partial charge in [0.15, 0.2) is 11.5 Å². The van der Waals surface area contributed by atoms with Crippen LogP contribution in [-0.4, -0.2) is 19.7 Å². The van der Waals surface area contributed by atoms with Crippen LogP contribution in [0.5, 0.6) is 5.75 Å². The Bertz CT molecular complexity index is 705. The molecule has 0 bridgehead atoms. The van der Waals surface area contributed by atoms with Crippen LogP contribution < -0.4 is 5.73 Å². The zero-order chi connectivity index (χ0) is 12.5. The zero-order valence-electron chi connectivity index (χ0n) is 9.61. The summed E-state index contributed by atoms with van der Waals surface area (Å²) >= 11 is 0. The number of benzene rings is 1. The van der Waals surface area contributed by atoms with E-state index in [1.165, 1.54) is 0 Å². The van der Waals surface area contributed by atoms with Crippen molar-refractivity contribution in [2.75, 3.05) is 5.73 Å². The van der Waals surface area contributed by atoms with Gasteiger partial charge < -0.3 is 10.8 Å². The van der Waals surface area contributed by atoms with Gasteiger partial charge in [-0.3, -0.25) is 0 Å². The van der Waals surface area contributed by atoms with E-state index in [9.17, 15) is 5.11 Å². The molecule has 3 aromatic rings. The average molecular weight is 240 g/mol. The molecule has 3 rings (SSSR count).